The second-order valence-electron chi connectivity index (χ2n) is 4.30. The number of nitrogens with one attached hydrogen (secondary N) is 1. The lowest BCUT2D eigenvalue weighted by Gasteiger charge is -2.23. The van der Waals surface area contributed by atoms with Crippen LogP contribution in [0.15, 0.2) is 24.3 Å². The van der Waals surface area contributed by atoms with Crippen molar-refractivity contribution in [3.8, 4) is 6.07 Å². The molecule has 1 aromatic carbocycles. The molecule has 1 fully saturated rings. The Hall–Kier alpha value is -1.33. The minimum Gasteiger partial charge on any atom is -0.331 e. The standard InChI is InChI=1S/C13H16N2/c14-10-12-4-6-13(7-5-12)11-15-8-2-1-3-9-15/h4-7H,1-3,8-9,11H2/p+1. The molecule has 1 heterocycles. The van der Waals surface area contributed by atoms with Crippen LogP contribution < -0.4 is 4.90 Å². The zero-order valence-electron chi connectivity index (χ0n) is 9.00. The third-order valence-corrected chi connectivity index (χ3v) is 3.10. The molecule has 0 radical (unpaired) electrons. The molecule has 15 heavy (non-hydrogen) atoms. The van der Waals surface area contributed by atoms with Crippen molar-refractivity contribution in [3.63, 3.8) is 0 Å². The van der Waals surface area contributed by atoms with E-state index in [0.29, 0.717) is 0 Å². The first-order valence-electron chi connectivity index (χ1n) is 5.71. The Morgan fingerprint density at radius 2 is 1.73 bits per heavy atom. The summed E-state index contributed by atoms with van der Waals surface area (Å²) in [5.74, 6) is 0. The summed E-state index contributed by atoms with van der Waals surface area (Å²) < 4.78 is 0. The van der Waals surface area contributed by atoms with Crippen molar-refractivity contribution >= 4 is 0 Å². The van der Waals surface area contributed by atoms with Crippen LogP contribution in [0.5, 0.6) is 0 Å². The smallest absolute Gasteiger partial charge is 0.103 e. The van der Waals surface area contributed by atoms with Crippen molar-refractivity contribution in [2.45, 2.75) is 25.8 Å². The molecule has 0 unspecified atom stereocenters. The number of benzene rings is 1. The molecule has 1 aliphatic heterocycles. The quantitative estimate of drug-likeness (QED) is 0.763. The van der Waals surface area contributed by atoms with Crippen molar-refractivity contribution < 1.29 is 4.90 Å². The Morgan fingerprint density at radius 1 is 1.07 bits per heavy atom. The lowest BCUT2D eigenvalue weighted by atomic mass is 10.1. The normalized spacial score (nSPS) is 17.3. The van der Waals surface area contributed by atoms with Crippen LogP contribution in [0.2, 0.25) is 0 Å². The van der Waals surface area contributed by atoms with Gasteiger partial charge in [0, 0.05) is 5.56 Å². The molecule has 0 amide bonds. The second-order valence-corrected chi connectivity index (χ2v) is 4.30. The number of rotatable bonds is 2. The van der Waals surface area contributed by atoms with E-state index >= 15 is 0 Å². The summed E-state index contributed by atoms with van der Waals surface area (Å²) in [7, 11) is 0. The van der Waals surface area contributed by atoms with E-state index in [4.69, 9.17) is 5.26 Å². The maximum absolute atomic E-state index is 8.69. The average molecular weight is 201 g/mol. The molecule has 0 aromatic heterocycles. The first kappa shape index (κ1) is 10.2. The highest BCUT2D eigenvalue weighted by atomic mass is 15.1. The molecule has 2 heteroatoms. The highest BCUT2D eigenvalue weighted by molar-refractivity contribution is 5.31. The number of piperidine rings is 1. The molecule has 78 valence electrons. The molecule has 1 aliphatic rings. The summed E-state index contributed by atoms with van der Waals surface area (Å²) in [5.41, 5.74) is 2.11. The van der Waals surface area contributed by atoms with Gasteiger partial charge in [0.1, 0.15) is 6.54 Å². The predicted octanol–water partition coefficient (Wildman–Crippen LogP) is 1.13. The fraction of sp³-hybridized carbons (Fsp3) is 0.462. The van der Waals surface area contributed by atoms with Crippen molar-refractivity contribution in [2.75, 3.05) is 13.1 Å². The Kier molecular flexibility index (Phi) is 3.37. The van der Waals surface area contributed by atoms with E-state index in [0.717, 1.165) is 12.1 Å². The number of quaternary nitrogens is 1. The van der Waals surface area contributed by atoms with Gasteiger partial charge < -0.3 is 4.90 Å². The summed E-state index contributed by atoms with van der Waals surface area (Å²) in [4.78, 5) is 1.69. The van der Waals surface area contributed by atoms with Crippen LogP contribution in [0.3, 0.4) is 0 Å². The Morgan fingerprint density at radius 3 is 2.33 bits per heavy atom. The maximum Gasteiger partial charge on any atom is 0.103 e. The number of likely N-dealkylation sites (tertiary alicyclic amines) is 1. The number of hydrogen-bond acceptors (Lipinski definition) is 1. The first-order valence-corrected chi connectivity index (χ1v) is 5.71. The van der Waals surface area contributed by atoms with Crippen molar-refractivity contribution in [1.29, 1.82) is 5.26 Å². The monoisotopic (exact) mass is 201 g/mol. The number of hydrogen-bond donors (Lipinski definition) is 1. The van der Waals surface area contributed by atoms with Gasteiger partial charge in [0.25, 0.3) is 0 Å². The third-order valence-electron chi connectivity index (χ3n) is 3.10. The van der Waals surface area contributed by atoms with Crippen LogP contribution in [0.4, 0.5) is 0 Å². The maximum atomic E-state index is 8.69. The lowest BCUT2D eigenvalue weighted by Crippen LogP contribution is -3.11. The average Bonchev–Trinajstić information content (AvgIpc) is 2.31. The highest BCUT2D eigenvalue weighted by Gasteiger charge is 2.13. The largest absolute Gasteiger partial charge is 0.331 e. The molecule has 0 atom stereocenters. The summed E-state index contributed by atoms with van der Waals surface area (Å²) in [6, 6.07) is 10.1. The SMILES string of the molecule is N#Cc1ccc(C[NH+]2CCCCC2)cc1. The van der Waals surface area contributed by atoms with E-state index in [-0.39, 0.29) is 0 Å². The van der Waals surface area contributed by atoms with Gasteiger partial charge in [-0.25, -0.2) is 0 Å². The molecule has 0 aliphatic carbocycles. The number of nitrogens with zero attached hydrogens (tertiary/aromatic N) is 1. The van der Waals surface area contributed by atoms with Crippen LogP contribution >= 0.6 is 0 Å². The molecule has 0 bridgehead atoms. The van der Waals surface area contributed by atoms with E-state index in [1.807, 2.05) is 12.1 Å². The molecule has 2 rings (SSSR count). The van der Waals surface area contributed by atoms with Gasteiger partial charge in [0.05, 0.1) is 24.7 Å². The molecule has 2 nitrogen and oxygen atoms in total. The van der Waals surface area contributed by atoms with Crippen molar-refractivity contribution in [2.24, 2.45) is 0 Å². The Bertz CT molecular complexity index is 342. The minimum atomic E-state index is 0.757. The summed E-state index contributed by atoms with van der Waals surface area (Å²) >= 11 is 0. The fourth-order valence-corrected chi connectivity index (χ4v) is 2.21. The van der Waals surface area contributed by atoms with Crippen molar-refractivity contribution in [1.82, 2.24) is 0 Å². The van der Waals surface area contributed by atoms with Gasteiger partial charge in [-0.15, -0.1) is 0 Å². The molecule has 1 N–H and O–H groups in total. The van der Waals surface area contributed by atoms with Gasteiger partial charge >= 0.3 is 0 Å². The van der Waals surface area contributed by atoms with Crippen LogP contribution in [-0.2, 0) is 6.54 Å². The molecule has 0 saturated carbocycles. The zero-order chi connectivity index (χ0) is 10.5. The topological polar surface area (TPSA) is 28.2 Å². The van der Waals surface area contributed by atoms with Crippen LogP contribution in [0, 0.1) is 11.3 Å². The minimum absolute atomic E-state index is 0.757. The van der Waals surface area contributed by atoms with E-state index in [1.165, 1.54) is 37.9 Å². The van der Waals surface area contributed by atoms with Crippen molar-refractivity contribution in [3.05, 3.63) is 35.4 Å². The van der Waals surface area contributed by atoms with E-state index in [2.05, 4.69) is 18.2 Å². The van der Waals surface area contributed by atoms with Gasteiger partial charge in [-0.3, -0.25) is 0 Å². The highest BCUT2D eigenvalue weighted by Crippen LogP contribution is 2.03. The van der Waals surface area contributed by atoms with E-state index < -0.39 is 0 Å². The Balaban J connectivity index is 1.95. The fourth-order valence-electron chi connectivity index (χ4n) is 2.21. The molecule has 1 aromatic rings. The van der Waals surface area contributed by atoms with E-state index in [1.54, 1.807) is 4.90 Å². The number of nitriles is 1. The zero-order valence-corrected chi connectivity index (χ0v) is 9.00. The molecule has 0 spiro atoms. The van der Waals surface area contributed by atoms with Crippen LogP contribution in [0.25, 0.3) is 0 Å². The van der Waals surface area contributed by atoms with E-state index in [9.17, 15) is 0 Å². The van der Waals surface area contributed by atoms with Crippen LogP contribution in [0.1, 0.15) is 30.4 Å². The first-order chi connectivity index (χ1) is 7.38. The van der Waals surface area contributed by atoms with Gasteiger partial charge in [-0.1, -0.05) is 12.1 Å². The lowest BCUT2D eigenvalue weighted by molar-refractivity contribution is -0.918. The molecular formula is C13H17N2+. The molecular weight excluding hydrogens is 184 g/mol. The summed E-state index contributed by atoms with van der Waals surface area (Å²) in [6.07, 6.45) is 4.13. The van der Waals surface area contributed by atoms with Gasteiger partial charge in [0.15, 0.2) is 0 Å². The van der Waals surface area contributed by atoms with Crippen LogP contribution in [-0.4, -0.2) is 13.1 Å². The van der Waals surface area contributed by atoms with Gasteiger partial charge in [-0.2, -0.15) is 5.26 Å². The van der Waals surface area contributed by atoms with Gasteiger partial charge in [-0.05, 0) is 31.4 Å². The molecule has 1 saturated heterocycles. The third kappa shape index (κ3) is 2.81. The Labute approximate surface area is 91.1 Å². The predicted molar refractivity (Wildman–Crippen MR) is 59.4 cm³/mol. The second kappa shape index (κ2) is 4.95. The van der Waals surface area contributed by atoms with Gasteiger partial charge in [0.2, 0.25) is 0 Å². The summed E-state index contributed by atoms with van der Waals surface area (Å²) in [5, 5.41) is 8.69. The summed E-state index contributed by atoms with van der Waals surface area (Å²) in [6.45, 7) is 3.73.